The van der Waals surface area contributed by atoms with E-state index in [0.29, 0.717) is 39.3 Å². The van der Waals surface area contributed by atoms with E-state index in [1.54, 1.807) is 12.1 Å². The van der Waals surface area contributed by atoms with Crippen LogP contribution in [-0.2, 0) is 20.7 Å². The number of ether oxygens (including phenoxy) is 1. The molecular weight excluding hydrogens is 337 g/mol. The molecule has 26 heavy (non-hydrogen) atoms. The van der Waals surface area contributed by atoms with Crippen LogP contribution in [0.5, 0.6) is 0 Å². The molecule has 2 amide bonds. The molecule has 2 aliphatic heterocycles. The van der Waals surface area contributed by atoms with Crippen LogP contribution in [0.2, 0.25) is 0 Å². The number of benzene rings is 1. The van der Waals surface area contributed by atoms with Gasteiger partial charge in [0.15, 0.2) is 0 Å². The van der Waals surface area contributed by atoms with Gasteiger partial charge in [0.1, 0.15) is 5.82 Å². The van der Waals surface area contributed by atoms with Crippen molar-refractivity contribution in [1.29, 1.82) is 0 Å². The SMILES string of the molecule is O=C(CN1CCC[C@H]1C(=O)N1CCOCC1)NCCc1ccc(F)cc1. The van der Waals surface area contributed by atoms with Crippen LogP contribution in [0.1, 0.15) is 18.4 Å². The number of likely N-dealkylation sites (tertiary alicyclic amines) is 1. The molecule has 7 heteroatoms. The number of carbonyl (C=O) groups excluding carboxylic acids is 2. The van der Waals surface area contributed by atoms with Gasteiger partial charge < -0.3 is 15.0 Å². The Hall–Kier alpha value is -1.99. The van der Waals surface area contributed by atoms with Gasteiger partial charge in [-0.3, -0.25) is 14.5 Å². The summed E-state index contributed by atoms with van der Waals surface area (Å²) >= 11 is 0. The van der Waals surface area contributed by atoms with Crippen molar-refractivity contribution in [3.8, 4) is 0 Å². The summed E-state index contributed by atoms with van der Waals surface area (Å²) in [7, 11) is 0. The first kappa shape index (κ1) is 18.8. The van der Waals surface area contributed by atoms with Crippen molar-refractivity contribution in [3.05, 3.63) is 35.6 Å². The van der Waals surface area contributed by atoms with Gasteiger partial charge in [-0.15, -0.1) is 0 Å². The molecule has 0 radical (unpaired) electrons. The highest BCUT2D eigenvalue weighted by molar-refractivity contribution is 5.84. The molecule has 3 rings (SSSR count). The van der Waals surface area contributed by atoms with Crippen LogP contribution in [0.4, 0.5) is 4.39 Å². The Morgan fingerprint density at radius 3 is 2.62 bits per heavy atom. The minimum Gasteiger partial charge on any atom is -0.378 e. The maximum Gasteiger partial charge on any atom is 0.240 e. The number of nitrogens with zero attached hydrogens (tertiary/aromatic N) is 2. The van der Waals surface area contributed by atoms with E-state index in [2.05, 4.69) is 5.32 Å². The number of hydrogen-bond donors (Lipinski definition) is 1. The van der Waals surface area contributed by atoms with Crippen LogP contribution in [0.15, 0.2) is 24.3 Å². The van der Waals surface area contributed by atoms with Gasteiger partial charge in [-0.2, -0.15) is 0 Å². The Balaban J connectivity index is 1.43. The van der Waals surface area contributed by atoms with Crippen LogP contribution < -0.4 is 5.32 Å². The zero-order chi connectivity index (χ0) is 18.4. The predicted octanol–water partition coefficient (Wildman–Crippen LogP) is 0.808. The molecule has 1 atom stereocenters. The smallest absolute Gasteiger partial charge is 0.240 e. The van der Waals surface area contributed by atoms with Gasteiger partial charge >= 0.3 is 0 Å². The summed E-state index contributed by atoms with van der Waals surface area (Å²) in [6.45, 7) is 3.95. The highest BCUT2D eigenvalue weighted by Gasteiger charge is 2.34. The molecule has 142 valence electrons. The van der Waals surface area contributed by atoms with Crippen molar-refractivity contribution in [3.63, 3.8) is 0 Å². The Kier molecular flexibility index (Phi) is 6.57. The van der Waals surface area contributed by atoms with Crippen LogP contribution in [0.25, 0.3) is 0 Å². The highest BCUT2D eigenvalue weighted by Crippen LogP contribution is 2.19. The molecule has 1 N–H and O–H groups in total. The second-order valence-electron chi connectivity index (χ2n) is 6.79. The number of hydrogen-bond acceptors (Lipinski definition) is 4. The van der Waals surface area contributed by atoms with E-state index in [1.807, 2.05) is 9.80 Å². The van der Waals surface area contributed by atoms with Gasteiger partial charge in [0.05, 0.1) is 25.8 Å². The fourth-order valence-corrected chi connectivity index (χ4v) is 3.53. The minimum absolute atomic E-state index is 0.0752. The van der Waals surface area contributed by atoms with Crippen molar-refractivity contribution in [2.75, 3.05) is 45.9 Å². The maximum atomic E-state index is 12.9. The van der Waals surface area contributed by atoms with Crippen molar-refractivity contribution >= 4 is 11.8 Å². The maximum absolute atomic E-state index is 12.9. The molecule has 0 saturated carbocycles. The van der Waals surface area contributed by atoms with E-state index in [1.165, 1.54) is 12.1 Å². The average Bonchev–Trinajstić information content (AvgIpc) is 3.11. The third-order valence-corrected chi connectivity index (χ3v) is 4.97. The van der Waals surface area contributed by atoms with E-state index in [9.17, 15) is 14.0 Å². The quantitative estimate of drug-likeness (QED) is 0.813. The lowest BCUT2D eigenvalue weighted by molar-refractivity contribution is -0.140. The Bertz CT molecular complexity index is 617. The van der Waals surface area contributed by atoms with E-state index >= 15 is 0 Å². The van der Waals surface area contributed by atoms with Crippen molar-refractivity contribution in [2.24, 2.45) is 0 Å². The summed E-state index contributed by atoms with van der Waals surface area (Å²) < 4.78 is 18.2. The summed E-state index contributed by atoms with van der Waals surface area (Å²) in [5.41, 5.74) is 0.980. The summed E-state index contributed by atoms with van der Waals surface area (Å²) in [5.74, 6) is -0.221. The van der Waals surface area contributed by atoms with E-state index in [4.69, 9.17) is 4.74 Å². The Morgan fingerprint density at radius 1 is 1.15 bits per heavy atom. The van der Waals surface area contributed by atoms with Crippen LogP contribution in [0.3, 0.4) is 0 Å². The number of amides is 2. The lowest BCUT2D eigenvalue weighted by Gasteiger charge is -2.32. The minimum atomic E-state index is -0.261. The molecule has 0 unspecified atom stereocenters. The Morgan fingerprint density at radius 2 is 1.88 bits per heavy atom. The second-order valence-corrected chi connectivity index (χ2v) is 6.79. The summed E-state index contributed by atoms with van der Waals surface area (Å²) in [6, 6.07) is 6.08. The van der Waals surface area contributed by atoms with Gasteiger partial charge in [0.2, 0.25) is 11.8 Å². The fourth-order valence-electron chi connectivity index (χ4n) is 3.53. The molecule has 1 aromatic carbocycles. The predicted molar refractivity (Wildman–Crippen MR) is 95.1 cm³/mol. The number of nitrogens with one attached hydrogen (secondary N) is 1. The third-order valence-electron chi connectivity index (χ3n) is 4.97. The average molecular weight is 363 g/mol. The highest BCUT2D eigenvalue weighted by atomic mass is 19.1. The molecule has 2 fully saturated rings. The molecule has 2 aliphatic rings. The van der Waals surface area contributed by atoms with E-state index in [-0.39, 0.29) is 30.2 Å². The summed E-state index contributed by atoms with van der Waals surface area (Å²) in [4.78, 5) is 28.7. The molecule has 0 spiro atoms. The number of carbonyl (C=O) groups is 2. The monoisotopic (exact) mass is 363 g/mol. The van der Waals surface area contributed by atoms with Crippen LogP contribution >= 0.6 is 0 Å². The second kappa shape index (κ2) is 9.09. The molecule has 0 bridgehead atoms. The van der Waals surface area contributed by atoms with Gasteiger partial charge in [-0.25, -0.2) is 4.39 Å². The van der Waals surface area contributed by atoms with Gasteiger partial charge in [-0.05, 0) is 43.5 Å². The first-order chi connectivity index (χ1) is 12.6. The van der Waals surface area contributed by atoms with Gasteiger partial charge in [-0.1, -0.05) is 12.1 Å². The standard InChI is InChI=1S/C19H26FN3O3/c20-16-5-3-15(4-6-16)7-8-21-18(24)14-23-9-1-2-17(23)19(25)22-10-12-26-13-11-22/h3-6,17H,1-2,7-14H2,(H,21,24)/t17-/m0/s1. The van der Waals surface area contributed by atoms with Crippen molar-refractivity contribution in [2.45, 2.75) is 25.3 Å². The number of halogens is 1. The summed E-state index contributed by atoms with van der Waals surface area (Å²) in [5, 5.41) is 2.89. The van der Waals surface area contributed by atoms with E-state index < -0.39 is 0 Å². The molecule has 6 nitrogen and oxygen atoms in total. The van der Waals surface area contributed by atoms with Crippen molar-refractivity contribution in [1.82, 2.24) is 15.1 Å². The van der Waals surface area contributed by atoms with Crippen LogP contribution in [-0.4, -0.2) is 73.6 Å². The zero-order valence-corrected chi connectivity index (χ0v) is 15.0. The first-order valence-corrected chi connectivity index (χ1v) is 9.25. The molecule has 1 aromatic rings. The third kappa shape index (κ3) is 5.02. The van der Waals surface area contributed by atoms with Gasteiger partial charge in [0, 0.05) is 19.6 Å². The normalized spacial score (nSPS) is 21.0. The van der Waals surface area contributed by atoms with E-state index in [0.717, 1.165) is 24.9 Å². The van der Waals surface area contributed by atoms with Crippen LogP contribution in [0, 0.1) is 5.82 Å². The summed E-state index contributed by atoms with van der Waals surface area (Å²) in [6.07, 6.45) is 2.39. The van der Waals surface area contributed by atoms with Crippen molar-refractivity contribution < 1.29 is 18.7 Å². The molecular formula is C19H26FN3O3. The number of rotatable bonds is 6. The lowest BCUT2D eigenvalue weighted by Crippen LogP contribution is -2.51. The first-order valence-electron chi connectivity index (χ1n) is 9.25. The fraction of sp³-hybridized carbons (Fsp3) is 0.579. The van der Waals surface area contributed by atoms with Gasteiger partial charge in [0.25, 0.3) is 0 Å². The molecule has 0 aliphatic carbocycles. The molecule has 2 saturated heterocycles. The zero-order valence-electron chi connectivity index (χ0n) is 15.0. The Labute approximate surface area is 153 Å². The molecule has 0 aromatic heterocycles. The lowest BCUT2D eigenvalue weighted by atomic mass is 10.1. The topological polar surface area (TPSA) is 61.9 Å². The molecule has 2 heterocycles. The number of morpholine rings is 1. The largest absolute Gasteiger partial charge is 0.378 e.